The fourth-order valence-corrected chi connectivity index (χ4v) is 3.42. The topological polar surface area (TPSA) is 66.0 Å². The van der Waals surface area contributed by atoms with Gasteiger partial charge in [-0.1, -0.05) is 0 Å². The summed E-state index contributed by atoms with van der Waals surface area (Å²) >= 11 is 0. The Bertz CT molecular complexity index is 268. The predicted octanol–water partition coefficient (Wildman–Crippen LogP) is 1.58. The summed E-state index contributed by atoms with van der Waals surface area (Å²) in [4.78, 5) is 11.5. The largest absolute Gasteiger partial charge is 0.500 e. The third kappa shape index (κ3) is 8.65. The van der Waals surface area contributed by atoms with Crippen molar-refractivity contribution in [2.45, 2.75) is 45.3 Å². The summed E-state index contributed by atoms with van der Waals surface area (Å²) in [6.45, 7) is 6.98. The minimum atomic E-state index is -2.46. The summed E-state index contributed by atoms with van der Waals surface area (Å²) in [6, 6.07) is 0.746. The molecule has 1 N–H and O–H groups in total. The first-order chi connectivity index (χ1) is 9.28. The van der Waals surface area contributed by atoms with Crippen LogP contribution in [0.3, 0.4) is 0 Å². The lowest BCUT2D eigenvalue weighted by Gasteiger charge is -2.24. The number of rotatable bonds is 10. The van der Waals surface area contributed by atoms with Crippen LogP contribution in [0.1, 0.15) is 33.6 Å². The van der Waals surface area contributed by atoms with Gasteiger partial charge in [-0.2, -0.15) is 0 Å². The van der Waals surface area contributed by atoms with Crippen molar-refractivity contribution in [2.24, 2.45) is 0 Å². The highest BCUT2D eigenvalue weighted by molar-refractivity contribution is 6.60. The summed E-state index contributed by atoms with van der Waals surface area (Å²) < 4.78 is 21.2. The zero-order valence-electron chi connectivity index (χ0n) is 13.6. The molecule has 0 aromatic rings. The minimum absolute atomic E-state index is 0.181. The molecule has 0 bridgehead atoms. The second-order valence-electron chi connectivity index (χ2n) is 5.49. The summed E-state index contributed by atoms with van der Waals surface area (Å²) in [5.74, 6) is -0.181. The molecule has 0 aliphatic heterocycles. The quantitative estimate of drug-likeness (QED) is 0.375. The molecule has 0 atom stereocenters. The van der Waals surface area contributed by atoms with Crippen molar-refractivity contribution in [3.8, 4) is 0 Å². The van der Waals surface area contributed by atoms with Gasteiger partial charge in [0.1, 0.15) is 5.60 Å². The van der Waals surface area contributed by atoms with Crippen molar-refractivity contribution in [3.05, 3.63) is 0 Å². The van der Waals surface area contributed by atoms with E-state index in [9.17, 15) is 4.79 Å². The summed E-state index contributed by atoms with van der Waals surface area (Å²) in [7, 11) is 2.36. The molecule has 0 aliphatic carbocycles. The van der Waals surface area contributed by atoms with Gasteiger partial charge in [0, 0.05) is 33.9 Å². The van der Waals surface area contributed by atoms with Crippen LogP contribution in [0.5, 0.6) is 0 Å². The van der Waals surface area contributed by atoms with Gasteiger partial charge in [0.2, 0.25) is 0 Å². The Morgan fingerprint density at radius 1 is 1.05 bits per heavy atom. The number of hydrogen-bond acceptors (Lipinski definition) is 6. The summed E-state index contributed by atoms with van der Waals surface area (Å²) in [6.07, 6.45) is 1.24. The van der Waals surface area contributed by atoms with Crippen molar-refractivity contribution in [2.75, 3.05) is 34.4 Å². The summed E-state index contributed by atoms with van der Waals surface area (Å²) in [5.41, 5.74) is -0.419. The standard InChI is InChI=1S/C13H29NO5Si/c1-13(2,3)19-12(15)8-10-14-9-7-11-20(16-4,17-5)18-6/h14H,7-11H2,1-6H3. The number of carbonyl (C=O) groups excluding carboxylic acids is 1. The molecule has 0 amide bonds. The van der Waals surface area contributed by atoms with Crippen LogP contribution >= 0.6 is 0 Å². The maximum absolute atomic E-state index is 11.5. The van der Waals surface area contributed by atoms with E-state index in [2.05, 4.69) is 5.32 Å². The van der Waals surface area contributed by atoms with E-state index < -0.39 is 14.4 Å². The minimum Gasteiger partial charge on any atom is -0.460 e. The molecule has 0 saturated carbocycles. The highest BCUT2D eigenvalue weighted by Gasteiger charge is 2.36. The zero-order chi connectivity index (χ0) is 15.6. The molecule has 0 heterocycles. The van der Waals surface area contributed by atoms with E-state index in [1.54, 1.807) is 21.3 Å². The Hall–Kier alpha value is -0.473. The van der Waals surface area contributed by atoms with E-state index in [1.165, 1.54) is 0 Å². The van der Waals surface area contributed by atoms with Gasteiger partial charge >= 0.3 is 14.8 Å². The molecule has 0 aromatic carbocycles. The van der Waals surface area contributed by atoms with Crippen molar-refractivity contribution in [1.29, 1.82) is 0 Å². The molecule has 6 nitrogen and oxygen atoms in total. The molecule has 20 heavy (non-hydrogen) atoms. The smallest absolute Gasteiger partial charge is 0.460 e. The first-order valence-electron chi connectivity index (χ1n) is 6.86. The summed E-state index contributed by atoms with van der Waals surface area (Å²) in [5, 5.41) is 3.20. The third-order valence-corrected chi connectivity index (χ3v) is 5.53. The van der Waals surface area contributed by atoms with Gasteiger partial charge < -0.3 is 23.3 Å². The Balaban J connectivity index is 3.70. The average molecular weight is 307 g/mol. The van der Waals surface area contributed by atoms with Crippen molar-refractivity contribution < 1.29 is 22.8 Å². The lowest BCUT2D eigenvalue weighted by molar-refractivity contribution is -0.154. The molecule has 7 heteroatoms. The van der Waals surface area contributed by atoms with E-state index in [4.69, 9.17) is 18.0 Å². The fraction of sp³-hybridized carbons (Fsp3) is 0.923. The molecule has 120 valence electrons. The zero-order valence-corrected chi connectivity index (χ0v) is 14.6. The predicted molar refractivity (Wildman–Crippen MR) is 79.5 cm³/mol. The van der Waals surface area contributed by atoms with E-state index in [-0.39, 0.29) is 5.97 Å². The van der Waals surface area contributed by atoms with E-state index in [0.717, 1.165) is 19.0 Å². The molecular weight excluding hydrogens is 278 g/mol. The van der Waals surface area contributed by atoms with E-state index in [1.807, 2.05) is 20.8 Å². The second-order valence-corrected chi connectivity index (χ2v) is 8.58. The van der Waals surface area contributed by atoms with Gasteiger partial charge in [-0.15, -0.1) is 0 Å². The fourth-order valence-electron chi connectivity index (χ4n) is 1.69. The molecule has 0 saturated heterocycles. The van der Waals surface area contributed by atoms with Crippen molar-refractivity contribution >= 4 is 14.8 Å². The van der Waals surface area contributed by atoms with Crippen LogP contribution in [0.2, 0.25) is 6.04 Å². The molecule has 0 spiro atoms. The molecule has 0 fully saturated rings. The number of esters is 1. The molecular formula is C13H29NO5Si. The van der Waals surface area contributed by atoms with Gasteiger partial charge in [-0.25, -0.2) is 0 Å². The van der Waals surface area contributed by atoms with Crippen LogP contribution in [0.4, 0.5) is 0 Å². The number of hydrogen-bond donors (Lipinski definition) is 1. The van der Waals surface area contributed by atoms with Crippen LogP contribution < -0.4 is 5.32 Å². The Labute approximate surface area is 123 Å². The van der Waals surface area contributed by atoms with Crippen LogP contribution in [-0.2, 0) is 22.8 Å². The molecule has 0 rings (SSSR count). The second kappa shape index (κ2) is 9.46. The number of carbonyl (C=O) groups is 1. The monoisotopic (exact) mass is 307 g/mol. The lowest BCUT2D eigenvalue weighted by Crippen LogP contribution is -2.43. The van der Waals surface area contributed by atoms with Gasteiger partial charge in [0.05, 0.1) is 6.42 Å². The first-order valence-corrected chi connectivity index (χ1v) is 8.80. The maximum Gasteiger partial charge on any atom is 0.500 e. The Morgan fingerprint density at radius 2 is 1.60 bits per heavy atom. The van der Waals surface area contributed by atoms with Gasteiger partial charge in [0.15, 0.2) is 0 Å². The van der Waals surface area contributed by atoms with Gasteiger partial charge in [-0.3, -0.25) is 4.79 Å². The van der Waals surface area contributed by atoms with Crippen LogP contribution in [0.15, 0.2) is 0 Å². The first kappa shape index (κ1) is 19.5. The maximum atomic E-state index is 11.5. The SMILES string of the molecule is CO[Si](CCCNCCC(=O)OC(C)(C)C)(OC)OC. The van der Waals surface area contributed by atoms with Crippen LogP contribution in [0, 0.1) is 0 Å². The molecule has 0 aliphatic rings. The Kier molecular flexibility index (Phi) is 9.24. The highest BCUT2D eigenvalue weighted by Crippen LogP contribution is 2.14. The lowest BCUT2D eigenvalue weighted by atomic mass is 10.2. The molecule has 0 unspecified atom stereocenters. The number of ether oxygens (including phenoxy) is 1. The van der Waals surface area contributed by atoms with Gasteiger partial charge in [0.25, 0.3) is 0 Å². The third-order valence-electron chi connectivity index (χ3n) is 2.70. The normalized spacial score (nSPS) is 12.5. The highest BCUT2D eigenvalue weighted by atomic mass is 28.4. The van der Waals surface area contributed by atoms with Crippen LogP contribution in [0.25, 0.3) is 0 Å². The Morgan fingerprint density at radius 3 is 2.05 bits per heavy atom. The van der Waals surface area contributed by atoms with Crippen molar-refractivity contribution in [1.82, 2.24) is 5.32 Å². The van der Waals surface area contributed by atoms with Crippen LogP contribution in [-0.4, -0.2) is 54.8 Å². The van der Waals surface area contributed by atoms with Gasteiger partial charge in [-0.05, 0) is 33.7 Å². The average Bonchev–Trinajstić information content (AvgIpc) is 2.37. The van der Waals surface area contributed by atoms with Crippen molar-refractivity contribution in [3.63, 3.8) is 0 Å². The van der Waals surface area contributed by atoms with E-state index in [0.29, 0.717) is 13.0 Å². The molecule has 0 aromatic heterocycles. The molecule has 0 radical (unpaired) electrons. The van der Waals surface area contributed by atoms with E-state index >= 15 is 0 Å². The number of nitrogens with one attached hydrogen (secondary N) is 1.